The lowest BCUT2D eigenvalue weighted by Crippen LogP contribution is -2.25. The van der Waals surface area contributed by atoms with Crippen molar-refractivity contribution in [2.45, 2.75) is 20.0 Å². The molecule has 1 atom stereocenters. The maximum absolute atomic E-state index is 11.4. The minimum absolute atomic E-state index is 0.0137. The number of carbonyl (C=O) groups excluding carboxylic acids is 1. The van der Waals surface area contributed by atoms with Crippen LogP contribution in [0, 0.1) is 0 Å². The molecule has 6 nitrogen and oxygen atoms in total. The molecule has 0 aliphatic rings. The summed E-state index contributed by atoms with van der Waals surface area (Å²) in [5.74, 6) is 0. The lowest BCUT2D eigenvalue weighted by atomic mass is 10.2. The molecule has 112 valence electrons. The van der Waals surface area contributed by atoms with Crippen LogP contribution >= 0.6 is 7.60 Å². The molecule has 1 aromatic carbocycles. The van der Waals surface area contributed by atoms with Crippen LogP contribution in [0.1, 0.15) is 18.9 Å². The van der Waals surface area contributed by atoms with Gasteiger partial charge in [0.15, 0.2) is 0 Å². The van der Waals surface area contributed by atoms with Crippen LogP contribution in [0.15, 0.2) is 30.3 Å². The largest absolute Gasteiger partial charge is 0.445 e. The number of alkyl carbamates (subject to hydrolysis) is 1. The first-order chi connectivity index (χ1) is 9.53. The number of carbonyl (C=O) groups is 1. The van der Waals surface area contributed by atoms with Crippen LogP contribution in [0.3, 0.4) is 0 Å². The maximum Gasteiger partial charge on any atom is 0.407 e. The zero-order valence-electron chi connectivity index (χ0n) is 11.4. The van der Waals surface area contributed by atoms with Crippen molar-refractivity contribution < 1.29 is 23.5 Å². The summed E-state index contributed by atoms with van der Waals surface area (Å²) in [6.07, 6.45) is -0.174. The van der Waals surface area contributed by atoms with Gasteiger partial charge in [0.2, 0.25) is 0 Å². The third kappa shape index (κ3) is 7.28. The minimum Gasteiger partial charge on any atom is -0.445 e. The van der Waals surface area contributed by atoms with Gasteiger partial charge in [-0.05, 0) is 18.9 Å². The average molecular weight is 301 g/mol. The second kappa shape index (κ2) is 8.74. The van der Waals surface area contributed by atoms with Gasteiger partial charge in [0.1, 0.15) is 6.61 Å². The van der Waals surface area contributed by atoms with Gasteiger partial charge in [-0.3, -0.25) is 4.57 Å². The Labute approximate surface area is 118 Å². The molecule has 0 spiro atoms. The molecule has 0 saturated heterocycles. The zero-order valence-corrected chi connectivity index (χ0v) is 12.3. The van der Waals surface area contributed by atoms with E-state index < -0.39 is 13.7 Å². The van der Waals surface area contributed by atoms with Gasteiger partial charge in [-0.25, -0.2) is 4.79 Å². The van der Waals surface area contributed by atoms with Gasteiger partial charge in [0.25, 0.3) is 0 Å². The van der Waals surface area contributed by atoms with Crippen LogP contribution < -0.4 is 5.32 Å². The number of hydrogen-bond donors (Lipinski definition) is 2. The van der Waals surface area contributed by atoms with E-state index in [-0.39, 0.29) is 25.9 Å². The molecule has 1 unspecified atom stereocenters. The van der Waals surface area contributed by atoms with Gasteiger partial charge in [-0.1, -0.05) is 30.3 Å². The van der Waals surface area contributed by atoms with Crippen molar-refractivity contribution in [3.05, 3.63) is 35.9 Å². The third-order valence-corrected chi connectivity index (χ3v) is 3.97. The van der Waals surface area contributed by atoms with Crippen LogP contribution in [0.2, 0.25) is 0 Å². The molecule has 0 heterocycles. The van der Waals surface area contributed by atoms with E-state index in [0.717, 1.165) is 5.56 Å². The molecule has 0 bridgehead atoms. The fraction of sp³-hybridized carbons (Fsp3) is 0.462. The second-order valence-electron chi connectivity index (χ2n) is 4.12. The first-order valence-electron chi connectivity index (χ1n) is 6.44. The number of rotatable bonds is 8. The maximum atomic E-state index is 11.4. The molecule has 2 N–H and O–H groups in total. The Balaban J connectivity index is 2.13. The van der Waals surface area contributed by atoms with E-state index >= 15 is 0 Å². The first-order valence-corrected chi connectivity index (χ1v) is 8.20. The first kappa shape index (κ1) is 16.7. The van der Waals surface area contributed by atoms with Gasteiger partial charge >= 0.3 is 13.7 Å². The van der Waals surface area contributed by atoms with Crippen molar-refractivity contribution in [2.75, 3.05) is 19.3 Å². The van der Waals surface area contributed by atoms with E-state index in [0.29, 0.717) is 6.42 Å². The SMILES string of the molecule is CCOP(=O)(O)CCCNC(=O)OCc1ccccc1. The lowest BCUT2D eigenvalue weighted by Gasteiger charge is -2.11. The molecular weight excluding hydrogens is 281 g/mol. The summed E-state index contributed by atoms with van der Waals surface area (Å²) >= 11 is 0. The van der Waals surface area contributed by atoms with Crippen LogP contribution in [0.4, 0.5) is 4.79 Å². The Morgan fingerprint density at radius 2 is 2.05 bits per heavy atom. The highest BCUT2D eigenvalue weighted by Crippen LogP contribution is 2.41. The summed E-state index contributed by atoms with van der Waals surface area (Å²) in [4.78, 5) is 20.7. The van der Waals surface area contributed by atoms with E-state index in [1.807, 2.05) is 30.3 Å². The average Bonchev–Trinajstić information content (AvgIpc) is 2.42. The number of hydrogen-bond acceptors (Lipinski definition) is 4. The van der Waals surface area contributed by atoms with Crippen molar-refractivity contribution in [2.24, 2.45) is 0 Å². The monoisotopic (exact) mass is 301 g/mol. The van der Waals surface area contributed by atoms with E-state index in [2.05, 4.69) is 5.32 Å². The summed E-state index contributed by atoms with van der Waals surface area (Å²) in [6, 6.07) is 9.33. The Bertz CT molecular complexity index is 451. The molecular formula is C13H20NO5P. The van der Waals surface area contributed by atoms with Crippen LogP contribution in [0.5, 0.6) is 0 Å². The van der Waals surface area contributed by atoms with Crippen LogP contribution in [-0.4, -0.2) is 30.3 Å². The summed E-state index contributed by atoms with van der Waals surface area (Å²) < 4.78 is 21.1. The van der Waals surface area contributed by atoms with Crippen LogP contribution in [-0.2, 0) is 20.4 Å². The van der Waals surface area contributed by atoms with Crippen molar-refractivity contribution in [1.29, 1.82) is 0 Å². The summed E-state index contributed by atoms with van der Waals surface area (Å²) in [6.45, 7) is 2.32. The normalized spacial score (nSPS) is 13.5. The molecule has 7 heteroatoms. The minimum atomic E-state index is -3.51. The Kier molecular flexibility index (Phi) is 7.30. The summed E-state index contributed by atoms with van der Waals surface area (Å²) in [5.41, 5.74) is 0.902. The van der Waals surface area contributed by atoms with Crippen molar-refractivity contribution in [3.63, 3.8) is 0 Å². The van der Waals surface area contributed by atoms with Crippen molar-refractivity contribution >= 4 is 13.7 Å². The van der Waals surface area contributed by atoms with E-state index in [1.165, 1.54) is 0 Å². The van der Waals surface area contributed by atoms with Gasteiger partial charge in [0.05, 0.1) is 12.8 Å². The standard InChI is InChI=1S/C13H20NO5P/c1-2-19-20(16,17)10-6-9-14-13(15)18-11-12-7-4-3-5-8-12/h3-5,7-8H,2,6,9-11H2,1H3,(H,14,15)(H,16,17). The lowest BCUT2D eigenvalue weighted by molar-refractivity contribution is 0.139. The highest BCUT2D eigenvalue weighted by atomic mass is 31.2. The molecule has 1 aromatic rings. The molecule has 0 radical (unpaired) electrons. The van der Waals surface area contributed by atoms with Crippen molar-refractivity contribution in [3.8, 4) is 0 Å². The van der Waals surface area contributed by atoms with Crippen molar-refractivity contribution in [1.82, 2.24) is 5.32 Å². The number of nitrogens with one attached hydrogen (secondary N) is 1. The van der Waals surface area contributed by atoms with E-state index in [9.17, 15) is 14.3 Å². The Hall–Kier alpha value is -1.36. The van der Waals surface area contributed by atoms with E-state index in [1.54, 1.807) is 6.92 Å². The van der Waals surface area contributed by atoms with Gasteiger partial charge < -0.3 is 19.5 Å². The number of benzene rings is 1. The fourth-order valence-corrected chi connectivity index (χ4v) is 2.60. The highest BCUT2D eigenvalue weighted by molar-refractivity contribution is 7.52. The Morgan fingerprint density at radius 3 is 2.70 bits per heavy atom. The number of ether oxygens (including phenoxy) is 1. The number of amides is 1. The fourth-order valence-electron chi connectivity index (χ4n) is 1.51. The molecule has 20 heavy (non-hydrogen) atoms. The predicted molar refractivity (Wildman–Crippen MR) is 75.6 cm³/mol. The third-order valence-electron chi connectivity index (χ3n) is 2.43. The topological polar surface area (TPSA) is 84.9 Å². The van der Waals surface area contributed by atoms with Gasteiger partial charge in [-0.15, -0.1) is 0 Å². The summed E-state index contributed by atoms with van der Waals surface area (Å²) in [5, 5.41) is 2.52. The molecule has 0 fully saturated rings. The predicted octanol–water partition coefficient (Wildman–Crippen LogP) is 2.52. The van der Waals surface area contributed by atoms with Crippen LogP contribution in [0.25, 0.3) is 0 Å². The molecule has 1 rings (SSSR count). The second-order valence-corrected chi connectivity index (χ2v) is 6.10. The summed E-state index contributed by atoms with van der Waals surface area (Å²) in [7, 11) is -3.51. The molecule has 0 saturated carbocycles. The smallest absolute Gasteiger partial charge is 0.407 e. The quantitative estimate of drug-likeness (QED) is 0.569. The van der Waals surface area contributed by atoms with Gasteiger partial charge in [0, 0.05) is 6.54 Å². The Morgan fingerprint density at radius 1 is 1.35 bits per heavy atom. The highest BCUT2D eigenvalue weighted by Gasteiger charge is 2.17. The zero-order chi connectivity index (χ0) is 14.8. The molecule has 0 aliphatic carbocycles. The van der Waals surface area contributed by atoms with Gasteiger partial charge in [-0.2, -0.15) is 0 Å². The van der Waals surface area contributed by atoms with E-state index in [4.69, 9.17) is 9.26 Å². The molecule has 0 aromatic heterocycles. The molecule has 1 amide bonds. The molecule has 0 aliphatic heterocycles.